The number of aryl methyl sites for hydroxylation is 1. The van der Waals surface area contributed by atoms with Gasteiger partial charge in [-0.3, -0.25) is 14.2 Å². The molecule has 0 aliphatic heterocycles. The fourth-order valence-corrected chi connectivity index (χ4v) is 5.91. The van der Waals surface area contributed by atoms with E-state index in [1.54, 1.807) is 12.1 Å². The van der Waals surface area contributed by atoms with Crippen LogP contribution in [0.1, 0.15) is 26.5 Å². The van der Waals surface area contributed by atoms with Crippen molar-refractivity contribution in [2.24, 2.45) is 0 Å². The second-order valence-electron chi connectivity index (χ2n) is 8.73. The Balaban J connectivity index is 1.47. The Morgan fingerprint density at radius 3 is 2.29 bits per heavy atom. The summed E-state index contributed by atoms with van der Waals surface area (Å²) in [5, 5.41) is 5.28. The minimum absolute atomic E-state index is 0.0728. The molecular weight excluding hydrogens is 566 g/mol. The number of fused-ring (bicyclic) bond motifs is 1. The molecule has 2 aromatic carbocycles. The predicted molar refractivity (Wildman–Crippen MR) is 156 cm³/mol. The summed E-state index contributed by atoms with van der Waals surface area (Å²) in [6.07, 6.45) is 0. The lowest BCUT2D eigenvalue weighted by Crippen LogP contribution is -2.22. The number of ether oxygens (including phenoxy) is 2. The van der Waals surface area contributed by atoms with Crippen LogP contribution in [0.3, 0.4) is 0 Å². The average molecular weight is 590 g/mol. The number of nitrogens with zero attached hydrogens (tertiary/aromatic N) is 2. The van der Waals surface area contributed by atoms with Gasteiger partial charge in [0.15, 0.2) is 5.16 Å². The maximum atomic E-state index is 13.9. The molecule has 3 aromatic heterocycles. The zero-order chi connectivity index (χ0) is 29.1. The van der Waals surface area contributed by atoms with Crippen LogP contribution in [0.5, 0.6) is 0 Å². The molecule has 0 fully saturated rings. The van der Waals surface area contributed by atoms with Crippen molar-refractivity contribution in [3.8, 4) is 17.0 Å². The van der Waals surface area contributed by atoms with Gasteiger partial charge in [0, 0.05) is 16.6 Å². The van der Waals surface area contributed by atoms with Crippen molar-refractivity contribution >= 4 is 56.8 Å². The van der Waals surface area contributed by atoms with Crippen molar-refractivity contribution in [2.75, 3.05) is 25.3 Å². The van der Waals surface area contributed by atoms with Gasteiger partial charge in [0.2, 0.25) is 5.91 Å². The quantitative estimate of drug-likeness (QED) is 0.145. The molecule has 5 rings (SSSR count). The highest BCUT2D eigenvalue weighted by Crippen LogP contribution is 2.34. The zero-order valence-electron chi connectivity index (χ0n) is 22.1. The zero-order valence-corrected chi connectivity index (χ0v) is 23.8. The number of para-hydroxylation sites is 1. The Labute approximate surface area is 241 Å². The smallest absolute Gasteiger partial charge is 0.337 e. The van der Waals surface area contributed by atoms with Crippen LogP contribution in [-0.2, 0) is 14.3 Å². The third kappa shape index (κ3) is 5.79. The highest BCUT2D eigenvalue weighted by atomic mass is 32.2. The first-order valence-electron chi connectivity index (χ1n) is 12.2. The van der Waals surface area contributed by atoms with Crippen LogP contribution >= 0.6 is 23.1 Å². The summed E-state index contributed by atoms with van der Waals surface area (Å²) in [7, 11) is 2.43. The number of methoxy groups -OCH3 is 2. The van der Waals surface area contributed by atoms with E-state index in [4.69, 9.17) is 18.9 Å². The van der Waals surface area contributed by atoms with E-state index in [-0.39, 0.29) is 28.1 Å². The number of furan rings is 1. The van der Waals surface area contributed by atoms with Gasteiger partial charge in [-0.25, -0.2) is 14.6 Å². The molecule has 1 N–H and O–H groups in total. The fourth-order valence-electron chi connectivity index (χ4n) is 4.13. The number of carbonyl (C=O) groups excluding carboxylic acids is 3. The molecule has 1 amide bonds. The van der Waals surface area contributed by atoms with Gasteiger partial charge in [-0.2, -0.15) is 0 Å². The Bertz CT molecular complexity index is 1810. The Morgan fingerprint density at radius 1 is 1.00 bits per heavy atom. The molecule has 0 atom stereocenters. The number of thioether (sulfide) groups is 1. The van der Waals surface area contributed by atoms with Gasteiger partial charge in [-0.1, -0.05) is 30.0 Å². The molecule has 208 valence electrons. The number of nitrogens with one attached hydrogen (secondary N) is 1. The largest absolute Gasteiger partial charge is 0.465 e. The SMILES string of the molecule is COC(=O)c1cc(NC(=O)CSc2nc3scc(-c4ccc(C)o4)c3c(=O)n2-c2ccccc2)cc(C(=O)OC)c1. The van der Waals surface area contributed by atoms with Crippen molar-refractivity contribution in [1.82, 2.24) is 9.55 Å². The summed E-state index contributed by atoms with van der Waals surface area (Å²) in [5.41, 5.74) is 1.31. The molecule has 0 saturated carbocycles. The van der Waals surface area contributed by atoms with E-state index in [9.17, 15) is 19.2 Å². The molecule has 10 nitrogen and oxygen atoms in total. The van der Waals surface area contributed by atoms with E-state index in [1.807, 2.05) is 42.6 Å². The number of aromatic nitrogens is 2. The summed E-state index contributed by atoms with van der Waals surface area (Å²) >= 11 is 2.39. The lowest BCUT2D eigenvalue weighted by molar-refractivity contribution is -0.113. The number of carbonyl (C=O) groups is 3. The number of hydrogen-bond acceptors (Lipinski definition) is 10. The second kappa shape index (κ2) is 11.8. The maximum absolute atomic E-state index is 13.9. The summed E-state index contributed by atoms with van der Waals surface area (Å²) < 4.78 is 16.7. The second-order valence-corrected chi connectivity index (χ2v) is 10.5. The molecule has 0 spiro atoms. The number of hydrogen-bond donors (Lipinski definition) is 1. The standard InChI is InChI=1S/C29H23N3O7S2/c1-16-9-10-22(39-16)21-14-40-25-24(21)26(34)32(20-7-5-4-6-8-20)29(31-25)41-15-23(33)30-19-12-17(27(35)37-2)11-18(13-19)28(36)38-3/h4-14H,15H2,1-3H3,(H,30,33). The van der Waals surface area contributed by atoms with Crippen molar-refractivity contribution in [1.29, 1.82) is 0 Å². The van der Waals surface area contributed by atoms with Gasteiger partial charge in [0.25, 0.3) is 5.56 Å². The monoisotopic (exact) mass is 589 g/mol. The van der Waals surface area contributed by atoms with E-state index < -0.39 is 17.8 Å². The molecule has 0 saturated heterocycles. The third-order valence-corrected chi connectivity index (χ3v) is 7.80. The highest BCUT2D eigenvalue weighted by Gasteiger charge is 2.21. The Morgan fingerprint density at radius 2 is 1.68 bits per heavy atom. The molecule has 0 aliphatic carbocycles. The van der Waals surface area contributed by atoms with E-state index in [0.717, 1.165) is 17.5 Å². The molecule has 5 aromatic rings. The number of amides is 1. The first-order valence-corrected chi connectivity index (χ1v) is 14.1. The molecule has 41 heavy (non-hydrogen) atoms. The normalized spacial score (nSPS) is 10.9. The maximum Gasteiger partial charge on any atom is 0.337 e. The molecule has 0 unspecified atom stereocenters. The summed E-state index contributed by atoms with van der Waals surface area (Å²) in [4.78, 5) is 56.3. The third-order valence-electron chi connectivity index (χ3n) is 5.99. The van der Waals surface area contributed by atoms with Crippen LogP contribution in [0.4, 0.5) is 5.69 Å². The van der Waals surface area contributed by atoms with Crippen LogP contribution in [0.2, 0.25) is 0 Å². The molecule has 0 radical (unpaired) electrons. The van der Waals surface area contributed by atoms with Crippen LogP contribution < -0.4 is 10.9 Å². The highest BCUT2D eigenvalue weighted by molar-refractivity contribution is 7.99. The van der Waals surface area contributed by atoms with E-state index in [2.05, 4.69) is 5.32 Å². The van der Waals surface area contributed by atoms with Crippen LogP contribution in [0, 0.1) is 6.92 Å². The Kier molecular flexibility index (Phi) is 8.04. The molecular formula is C29H23N3O7S2. The van der Waals surface area contributed by atoms with Crippen molar-refractivity contribution < 1.29 is 28.3 Å². The van der Waals surface area contributed by atoms with E-state index >= 15 is 0 Å². The van der Waals surface area contributed by atoms with Gasteiger partial charge in [-0.15, -0.1) is 11.3 Å². The summed E-state index contributed by atoms with van der Waals surface area (Å²) in [6.45, 7) is 1.83. The van der Waals surface area contributed by atoms with Gasteiger partial charge >= 0.3 is 11.9 Å². The van der Waals surface area contributed by atoms with Crippen molar-refractivity contribution in [2.45, 2.75) is 12.1 Å². The van der Waals surface area contributed by atoms with E-state index in [1.165, 1.54) is 48.3 Å². The molecule has 12 heteroatoms. The first-order chi connectivity index (χ1) is 19.8. The van der Waals surface area contributed by atoms with Gasteiger partial charge in [0.05, 0.1) is 42.2 Å². The number of benzene rings is 2. The number of rotatable bonds is 8. The van der Waals surface area contributed by atoms with Crippen LogP contribution in [0.25, 0.3) is 27.2 Å². The van der Waals surface area contributed by atoms with Crippen LogP contribution in [-0.4, -0.2) is 47.4 Å². The molecule has 0 bridgehead atoms. The predicted octanol–water partition coefficient (Wildman–Crippen LogP) is 5.32. The number of esters is 2. The summed E-state index contributed by atoms with van der Waals surface area (Å²) in [6, 6.07) is 16.8. The average Bonchev–Trinajstić information content (AvgIpc) is 3.61. The van der Waals surface area contributed by atoms with Crippen LogP contribution in [0.15, 0.2) is 80.4 Å². The number of anilines is 1. The lowest BCUT2D eigenvalue weighted by atomic mass is 10.1. The number of thiophene rings is 1. The van der Waals surface area contributed by atoms with Gasteiger partial charge in [0.1, 0.15) is 16.4 Å². The minimum atomic E-state index is -0.676. The van der Waals surface area contributed by atoms with E-state index in [0.29, 0.717) is 32.4 Å². The minimum Gasteiger partial charge on any atom is -0.465 e. The topological polar surface area (TPSA) is 130 Å². The fraction of sp³-hybridized carbons (Fsp3) is 0.138. The van der Waals surface area contributed by atoms with Crippen molar-refractivity contribution in [3.05, 3.63) is 93.3 Å². The van der Waals surface area contributed by atoms with Gasteiger partial charge < -0.3 is 19.2 Å². The molecule has 3 heterocycles. The first kappa shape index (κ1) is 27.9. The summed E-state index contributed by atoms with van der Waals surface area (Å²) in [5.74, 6) is -0.608. The van der Waals surface area contributed by atoms with Gasteiger partial charge in [-0.05, 0) is 49.4 Å². The van der Waals surface area contributed by atoms with Crippen molar-refractivity contribution in [3.63, 3.8) is 0 Å². The lowest BCUT2D eigenvalue weighted by Gasteiger charge is -2.13. The molecule has 0 aliphatic rings. The Hall–Kier alpha value is -4.68.